The van der Waals surface area contributed by atoms with E-state index in [0.29, 0.717) is 11.1 Å². The molecule has 5 N–H and O–H groups in total. The fourth-order valence-electron chi connectivity index (χ4n) is 3.95. The molecule has 2 aromatic rings. The van der Waals surface area contributed by atoms with Crippen molar-refractivity contribution in [3.05, 3.63) is 47.5 Å². The van der Waals surface area contributed by atoms with Gasteiger partial charge in [-0.3, -0.25) is 0 Å². The molecule has 1 aliphatic heterocycles. The number of ether oxygens (including phenoxy) is 7. The Morgan fingerprint density at radius 3 is 1.52 bits per heavy atom. The molecule has 1 aliphatic rings. The lowest BCUT2D eigenvalue weighted by molar-refractivity contribution is -0.293. The maximum absolute atomic E-state index is 12.6. The maximum Gasteiger partial charge on any atom is 0.333 e. The Kier molecular flexibility index (Phi) is 11.0. The standard InChI is InChI=1S/C28H32O14/c1-36-16-9-14(10-17(37-2)23(16)32)5-7-21(30)41-27-26(35)25(34)20(13-29)40-28(27)42-22(31)8-6-15-11-18(38-3)24(33)19(12-15)39-4/h5-12,20,25-29,32-35H,13H2,1-4H3/t20-,25-,26+,27+,28+/m1/s1. The average molecular weight is 593 g/mol. The zero-order chi connectivity index (χ0) is 31.0. The van der Waals surface area contributed by atoms with Gasteiger partial charge in [-0.05, 0) is 47.5 Å². The van der Waals surface area contributed by atoms with Gasteiger partial charge in [-0.2, -0.15) is 0 Å². The van der Waals surface area contributed by atoms with Crippen LogP contribution in [0.15, 0.2) is 36.4 Å². The Morgan fingerprint density at radius 1 is 0.738 bits per heavy atom. The predicted molar refractivity (Wildman–Crippen MR) is 144 cm³/mol. The first kappa shape index (κ1) is 32.0. The largest absolute Gasteiger partial charge is 0.502 e. The SMILES string of the molecule is COc1cc(C=CC(=O)O[C@@H]2O[C@H](CO)[C@@H](O)[C@H](O)[C@@H]2OC(=O)C=Cc2cc(OC)c(O)c(OC)c2)cc(OC)c1O. The van der Waals surface area contributed by atoms with Crippen LogP contribution in [0.5, 0.6) is 34.5 Å². The third kappa shape index (κ3) is 7.41. The fraction of sp³-hybridized carbons (Fsp3) is 0.357. The van der Waals surface area contributed by atoms with Gasteiger partial charge in [0.25, 0.3) is 0 Å². The Hall–Kier alpha value is -4.50. The number of carbonyl (C=O) groups excluding carboxylic acids is 2. The zero-order valence-electron chi connectivity index (χ0n) is 23.1. The monoisotopic (exact) mass is 592 g/mol. The summed E-state index contributed by atoms with van der Waals surface area (Å²) in [7, 11) is 5.34. The van der Waals surface area contributed by atoms with E-state index >= 15 is 0 Å². The molecule has 5 atom stereocenters. The average Bonchev–Trinajstić information content (AvgIpc) is 2.99. The number of methoxy groups -OCH3 is 4. The molecule has 2 aromatic carbocycles. The van der Waals surface area contributed by atoms with E-state index in [4.69, 9.17) is 33.2 Å². The Morgan fingerprint density at radius 2 is 1.14 bits per heavy atom. The molecule has 228 valence electrons. The van der Waals surface area contributed by atoms with Crippen molar-refractivity contribution in [1.29, 1.82) is 0 Å². The molecule has 0 spiro atoms. The highest BCUT2D eigenvalue weighted by Gasteiger charge is 2.48. The summed E-state index contributed by atoms with van der Waals surface area (Å²) in [4.78, 5) is 25.3. The molecule has 1 heterocycles. The first-order valence-corrected chi connectivity index (χ1v) is 12.4. The highest BCUT2D eigenvalue weighted by molar-refractivity contribution is 5.88. The Labute approximate surface area is 240 Å². The van der Waals surface area contributed by atoms with E-state index in [1.165, 1.54) is 64.9 Å². The minimum Gasteiger partial charge on any atom is -0.502 e. The number of aliphatic hydroxyl groups excluding tert-OH is 3. The van der Waals surface area contributed by atoms with E-state index in [0.717, 1.165) is 12.2 Å². The van der Waals surface area contributed by atoms with Gasteiger partial charge in [0.1, 0.15) is 18.3 Å². The van der Waals surface area contributed by atoms with Crippen molar-refractivity contribution in [2.75, 3.05) is 35.0 Å². The number of hydrogen-bond donors (Lipinski definition) is 5. The van der Waals surface area contributed by atoms with E-state index in [-0.39, 0.29) is 34.5 Å². The maximum atomic E-state index is 12.6. The van der Waals surface area contributed by atoms with Gasteiger partial charge >= 0.3 is 11.9 Å². The van der Waals surface area contributed by atoms with Crippen molar-refractivity contribution in [2.24, 2.45) is 0 Å². The molecular formula is C28H32O14. The second kappa shape index (κ2) is 14.4. The number of phenols is 2. The van der Waals surface area contributed by atoms with Crippen LogP contribution in [-0.2, 0) is 23.8 Å². The smallest absolute Gasteiger partial charge is 0.333 e. The second-order valence-corrected chi connectivity index (χ2v) is 8.76. The van der Waals surface area contributed by atoms with Crippen LogP contribution < -0.4 is 18.9 Å². The predicted octanol–water partition coefficient (Wildman–Crippen LogP) is 0.753. The topological polar surface area (TPSA) is 200 Å². The summed E-state index contributed by atoms with van der Waals surface area (Å²) in [6, 6.07) is 5.70. The molecule has 0 amide bonds. The highest BCUT2D eigenvalue weighted by Crippen LogP contribution is 2.38. The number of phenolic OH excluding ortho intramolecular Hbond substituents is 2. The van der Waals surface area contributed by atoms with Crippen LogP contribution in [0.1, 0.15) is 11.1 Å². The number of aliphatic hydroxyl groups is 3. The third-order valence-corrected chi connectivity index (χ3v) is 6.14. The van der Waals surface area contributed by atoms with E-state index in [9.17, 15) is 35.1 Å². The molecule has 0 aromatic heterocycles. The lowest BCUT2D eigenvalue weighted by Crippen LogP contribution is -2.60. The van der Waals surface area contributed by atoms with E-state index in [1.54, 1.807) is 0 Å². The molecule has 14 nitrogen and oxygen atoms in total. The first-order valence-electron chi connectivity index (χ1n) is 12.4. The molecular weight excluding hydrogens is 560 g/mol. The minimum atomic E-state index is -1.80. The summed E-state index contributed by atoms with van der Waals surface area (Å²) < 4.78 is 36.2. The van der Waals surface area contributed by atoms with Crippen LogP contribution in [0.2, 0.25) is 0 Å². The van der Waals surface area contributed by atoms with Gasteiger partial charge in [0.05, 0.1) is 35.0 Å². The molecule has 3 rings (SSSR count). The van der Waals surface area contributed by atoms with Crippen molar-refractivity contribution in [3.63, 3.8) is 0 Å². The van der Waals surface area contributed by atoms with Crippen LogP contribution in [0.4, 0.5) is 0 Å². The molecule has 42 heavy (non-hydrogen) atoms. The lowest BCUT2D eigenvalue weighted by atomic mass is 9.99. The van der Waals surface area contributed by atoms with Gasteiger partial charge in [-0.15, -0.1) is 0 Å². The number of carbonyl (C=O) groups is 2. The van der Waals surface area contributed by atoms with Crippen molar-refractivity contribution < 1.29 is 68.3 Å². The third-order valence-electron chi connectivity index (χ3n) is 6.14. The van der Waals surface area contributed by atoms with Gasteiger partial charge in [0.2, 0.25) is 17.8 Å². The summed E-state index contributed by atoms with van der Waals surface area (Å²) in [5.74, 6) is -2.14. The van der Waals surface area contributed by atoms with Gasteiger partial charge in [0, 0.05) is 12.2 Å². The lowest BCUT2D eigenvalue weighted by Gasteiger charge is -2.40. The van der Waals surface area contributed by atoms with Crippen LogP contribution in [0.25, 0.3) is 12.2 Å². The van der Waals surface area contributed by atoms with E-state index in [2.05, 4.69) is 0 Å². The summed E-state index contributed by atoms with van der Waals surface area (Å²) in [6.45, 7) is -0.736. The van der Waals surface area contributed by atoms with Crippen LogP contribution in [0, 0.1) is 0 Å². The Balaban J connectivity index is 1.78. The molecule has 0 bridgehead atoms. The van der Waals surface area contributed by atoms with Crippen molar-refractivity contribution in [3.8, 4) is 34.5 Å². The first-order chi connectivity index (χ1) is 20.1. The molecule has 0 unspecified atom stereocenters. The molecule has 1 saturated heterocycles. The van der Waals surface area contributed by atoms with Gasteiger partial charge in [0.15, 0.2) is 29.1 Å². The highest BCUT2D eigenvalue weighted by atomic mass is 16.7. The quantitative estimate of drug-likeness (QED) is 0.181. The molecule has 1 fully saturated rings. The molecule has 0 radical (unpaired) electrons. The Bertz CT molecular complexity index is 1270. The van der Waals surface area contributed by atoms with Crippen LogP contribution in [-0.4, -0.2) is 103 Å². The van der Waals surface area contributed by atoms with Gasteiger partial charge < -0.3 is 58.7 Å². The van der Waals surface area contributed by atoms with Crippen molar-refractivity contribution >= 4 is 24.1 Å². The normalized spacial score (nSPS) is 22.1. The second-order valence-electron chi connectivity index (χ2n) is 8.76. The summed E-state index contributed by atoms with van der Waals surface area (Å²) in [6.07, 6.45) is -3.64. The van der Waals surface area contributed by atoms with E-state index in [1.807, 2.05) is 0 Å². The van der Waals surface area contributed by atoms with E-state index < -0.39 is 49.3 Å². The molecule has 14 heteroatoms. The van der Waals surface area contributed by atoms with Crippen molar-refractivity contribution in [2.45, 2.75) is 30.7 Å². The molecule has 0 aliphatic carbocycles. The van der Waals surface area contributed by atoms with Crippen molar-refractivity contribution in [1.82, 2.24) is 0 Å². The van der Waals surface area contributed by atoms with Gasteiger partial charge in [-0.25, -0.2) is 9.59 Å². The summed E-state index contributed by atoms with van der Waals surface area (Å²) in [5, 5.41) is 50.5. The fourth-order valence-corrected chi connectivity index (χ4v) is 3.95. The van der Waals surface area contributed by atoms with Crippen LogP contribution in [0.3, 0.4) is 0 Å². The van der Waals surface area contributed by atoms with Gasteiger partial charge in [-0.1, -0.05) is 0 Å². The molecule has 0 saturated carbocycles. The summed E-state index contributed by atoms with van der Waals surface area (Å²) >= 11 is 0. The summed E-state index contributed by atoms with van der Waals surface area (Å²) in [5.41, 5.74) is 0.775. The number of benzene rings is 2. The number of hydrogen-bond acceptors (Lipinski definition) is 14. The van der Waals surface area contributed by atoms with Crippen LogP contribution >= 0.6 is 0 Å². The minimum absolute atomic E-state index is 0.0841. The zero-order valence-corrected chi connectivity index (χ0v) is 23.1. The number of aromatic hydroxyl groups is 2. The number of rotatable bonds is 11. The number of esters is 2.